The molecule has 2 N–H and O–H groups in total. The molecule has 2 aromatic carbocycles. The molecule has 0 bridgehead atoms. The summed E-state index contributed by atoms with van der Waals surface area (Å²) < 4.78 is 27.3. The molecule has 0 saturated carbocycles. The molecule has 12 heteroatoms. The smallest absolute Gasteiger partial charge is 0.270 e. The van der Waals surface area contributed by atoms with Crippen molar-refractivity contribution >= 4 is 50.4 Å². The van der Waals surface area contributed by atoms with Gasteiger partial charge in [0.05, 0.1) is 16.0 Å². The van der Waals surface area contributed by atoms with E-state index in [1.807, 2.05) is 0 Å². The number of halogens is 2. The molecule has 3 rings (SSSR count). The van der Waals surface area contributed by atoms with Crippen LogP contribution in [0.15, 0.2) is 59.6 Å². The molecule has 0 saturated heterocycles. The number of rotatable bonds is 7. The molecule has 0 aliphatic rings. The standard InChI is InChI=1S/C17H13Cl2N5O4S/c18-15-10-20-17(19)23-16(15)22-12-4-1-3-11(7-12)9-21-29(27,28)14-6-2-5-13(8-14)24(25)26/h1-8,10,21H,9H2,(H,20,22,23). The first-order valence-corrected chi connectivity index (χ1v) is 10.3. The average Bonchev–Trinajstić information content (AvgIpc) is 2.70. The van der Waals surface area contributed by atoms with Crippen LogP contribution in [-0.4, -0.2) is 23.3 Å². The first kappa shape index (κ1) is 20.9. The van der Waals surface area contributed by atoms with Crippen LogP contribution < -0.4 is 10.0 Å². The Balaban J connectivity index is 1.74. The van der Waals surface area contributed by atoms with Crippen LogP contribution >= 0.6 is 23.2 Å². The average molecular weight is 454 g/mol. The highest BCUT2D eigenvalue weighted by Gasteiger charge is 2.17. The first-order chi connectivity index (χ1) is 13.7. The summed E-state index contributed by atoms with van der Waals surface area (Å²) >= 11 is 11.8. The van der Waals surface area contributed by atoms with E-state index < -0.39 is 14.9 Å². The monoisotopic (exact) mass is 453 g/mol. The number of hydrogen-bond donors (Lipinski definition) is 2. The van der Waals surface area contributed by atoms with Crippen molar-refractivity contribution in [1.29, 1.82) is 0 Å². The molecule has 0 aliphatic carbocycles. The van der Waals surface area contributed by atoms with Gasteiger partial charge in [-0.15, -0.1) is 0 Å². The summed E-state index contributed by atoms with van der Waals surface area (Å²) in [5, 5.41) is 14.1. The number of sulfonamides is 1. The zero-order valence-electron chi connectivity index (χ0n) is 14.5. The van der Waals surface area contributed by atoms with Gasteiger partial charge in [0.2, 0.25) is 15.3 Å². The maximum atomic E-state index is 12.4. The van der Waals surface area contributed by atoms with Crippen LogP contribution in [0.5, 0.6) is 0 Å². The molecule has 9 nitrogen and oxygen atoms in total. The van der Waals surface area contributed by atoms with E-state index in [0.717, 1.165) is 6.07 Å². The van der Waals surface area contributed by atoms with Crippen molar-refractivity contribution in [2.24, 2.45) is 0 Å². The van der Waals surface area contributed by atoms with Crippen LogP contribution in [0.2, 0.25) is 10.3 Å². The van der Waals surface area contributed by atoms with Crippen molar-refractivity contribution in [3.63, 3.8) is 0 Å². The minimum atomic E-state index is -3.93. The zero-order valence-corrected chi connectivity index (χ0v) is 16.9. The highest BCUT2D eigenvalue weighted by molar-refractivity contribution is 7.89. The van der Waals surface area contributed by atoms with Crippen molar-refractivity contribution in [1.82, 2.24) is 14.7 Å². The van der Waals surface area contributed by atoms with Gasteiger partial charge in [-0.2, -0.15) is 4.98 Å². The summed E-state index contributed by atoms with van der Waals surface area (Å²) in [5.74, 6) is 0.306. The second-order valence-corrected chi connectivity index (χ2v) is 8.25. The van der Waals surface area contributed by atoms with Crippen LogP contribution in [0.3, 0.4) is 0 Å². The number of nitro groups is 1. The molecular formula is C17H13Cl2N5O4S. The van der Waals surface area contributed by atoms with E-state index in [-0.39, 0.29) is 27.4 Å². The van der Waals surface area contributed by atoms with E-state index in [9.17, 15) is 18.5 Å². The van der Waals surface area contributed by atoms with E-state index in [2.05, 4.69) is 20.0 Å². The summed E-state index contributed by atoms with van der Waals surface area (Å²) in [6, 6.07) is 11.7. The Labute approximate surface area is 175 Å². The van der Waals surface area contributed by atoms with Gasteiger partial charge in [-0.05, 0) is 35.4 Å². The number of nitrogens with one attached hydrogen (secondary N) is 2. The number of nitrogens with zero attached hydrogens (tertiary/aromatic N) is 3. The normalized spacial score (nSPS) is 11.2. The molecule has 0 unspecified atom stereocenters. The summed E-state index contributed by atoms with van der Waals surface area (Å²) in [6.45, 7) is -0.0290. The summed E-state index contributed by atoms with van der Waals surface area (Å²) in [6.07, 6.45) is 1.36. The van der Waals surface area contributed by atoms with Crippen LogP contribution in [0.1, 0.15) is 5.56 Å². The lowest BCUT2D eigenvalue weighted by molar-refractivity contribution is -0.385. The Hall–Kier alpha value is -2.79. The van der Waals surface area contributed by atoms with Gasteiger partial charge >= 0.3 is 0 Å². The third-order valence-corrected chi connectivity index (χ3v) is 5.57. The van der Waals surface area contributed by atoms with Crippen molar-refractivity contribution in [3.05, 3.63) is 80.7 Å². The fraction of sp³-hybridized carbons (Fsp3) is 0.0588. The molecule has 0 amide bonds. The maximum absolute atomic E-state index is 12.4. The molecule has 0 atom stereocenters. The van der Waals surface area contributed by atoms with Crippen molar-refractivity contribution in [3.8, 4) is 0 Å². The molecule has 1 aromatic heterocycles. The van der Waals surface area contributed by atoms with Gasteiger partial charge in [-0.25, -0.2) is 18.1 Å². The molecule has 0 fully saturated rings. The first-order valence-electron chi connectivity index (χ1n) is 8.03. The summed E-state index contributed by atoms with van der Waals surface area (Å²) in [4.78, 5) is 17.8. The van der Waals surface area contributed by atoms with Gasteiger partial charge in [-0.1, -0.05) is 29.8 Å². The minimum Gasteiger partial charge on any atom is -0.339 e. The summed E-state index contributed by atoms with van der Waals surface area (Å²) in [5.41, 5.74) is 0.938. The van der Waals surface area contributed by atoms with Crippen molar-refractivity contribution in [2.75, 3.05) is 5.32 Å². The third kappa shape index (κ3) is 5.39. The van der Waals surface area contributed by atoms with E-state index in [4.69, 9.17) is 23.2 Å². The molecular weight excluding hydrogens is 441 g/mol. The van der Waals surface area contributed by atoms with E-state index in [0.29, 0.717) is 17.1 Å². The Kier molecular flexibility index (Phi) is 6.28. The number of hydrogen-bond acceptors (Lipinski definition) is 7. The summed E-state index contributed by atoms with van der Waals surface area (Å²) in [7, 11) is -3.93. The second kappa shape index (κ2) is 8.70. The van der Waals surface area contributed by atoms with Gasteiger partial charge in [0.15, 0.2) is 5.82 Å². The molecule has 0 spiro atoms. The lowest BCUT2D eigenvalue weighted by Crippen LogP contribution is -2.23. The van der Waals surface area contributed by atoms with E-state index >= 15 is 0 Å². The number of anilines is 2. The van der Waals surface area contributed by atoms with Crippen LogP contribution in [0.4, 0.5) is 17.2 Å². The lowest BCUT2D eigenvalue weighted by Gasteiger charge is -2.10. The molecule has 29 heavy (non-hydrogen) atoms. The van der Waals surface area contributed by atoms with E-state index in [1.54, 1.807) is 24.3 Å². The highest BCUT2D eigenvalue weighted by atomic mass is 35.5. The SMILES string of the molecule is O=[N+]([O-])c1cccc(S(=O)(=O)NCc2cccc(Nc3nc(Cl)ncc3Cl)c2)c1. The fourth-order valence-corrected chi connectivity index (χ4v) is 3.68. The molecule has 0 aliphatic heterocycles. The lowest BCUT2D eigenvalue weighted by atomic mass is 10.2. The predicted molar refractivity (Wildman–Crippen MR) is 109 cm³/mol. The Morgan fingerprint density at radius 2 is 1.86 bits per heavy atom. The maximum Gasteiger partial charge on any atom is 0.270 e. The Bertz CT molecular complexity index is 1170. The van der Waals surface area contributed by atoms with Crippen LogP contribution in [0.25, 0.3) is 0 Å². The number of benzene rings is 2. The number of non-ortho nitro benzene ring substituents is 1. The molecule has 0 radical (unpaired) electrons. The van der Waals surface area contributed by atoms with Crippen molar-refractivity contribution in [2.45, 2.75) is 11.4 Å². The molecule has 150 valence electrons. The quantitative estimate of drug-likeness (QED) is 0.315. The number of aromatic nitrogens is 2. The number of nitro benzene ring substituents is 1. The predicted octanol–water partition coefficient (Wildman–Crippen LogP) is 3.91. The van der Waals surface area contributed by atoms with Crippen molar-refractivity contribution < 1.29 is 13.3 Å². The van der Waals surface area contributed by atoms with Gasteiger partial charge < -0.3 is 5.32 Å². The Morgan fingerprint density at radius 1 is 1.10 bits per heavy atom. The van der Waals surface area contributed by atoms with Gasteiger partial charge in [-0.3, -0.25) is 10.1 Å². The zero-order chi connectivity index (χ0) is 21.0. The Morgan fingerprint density at radius 3 is 2.62 bits per heavy atom. The largest absolute Gasteiger partial charge is 0.339 e. The minimum absolute atomic E-state index is 0.0257. The topological polar surface area (TPSA) is 127 Å². The van der Waals surface area contributed by atoms with Gasteiger partial charge in [0.25, 0.3) is 5.69 Å². The molecule has 1 heterocycles. The van der Waals surface area contributed by atoms with Crippen LogP contribution in [0, 0.1) is 10.1 Å². The fourth-order valence-electron chi connectivity index (χ4n) is 2.35. The second-order valence-electron chi connectivity index (χ2n) is 5.74. The molecule has 3 aromatic rings. The third-order valence-electron chi connectivity index (χ3n) is 3.71. The van der Waals surface area contributed by atoms with E-state index in [1.165, 1.54) is 24.4 Å². The van der Waals surface area contributed by atoms with Gasteiger partial charge in [0, 0.05) is 24.4 Å². The van der Waals surface area contributed by atoms with Crippen LogP contribution in [-0.2, 0) is 16.6 Å². The van der Waals surface area contributed by atoms with Gasteiger partial charge in [0.1, 0.15) is 5.02 Å². The highest BCUT2D eigenvalue weighted by Crippen LogP contribution is 2.24.